The number of fused-ring (bicyclic) bond motifs is 1. The summed E-state index contributed by atoms with van der Waals surface area (Å²) in [6, 6.07) is 9.08. The van der Waals surface area contributed by atoms with Crippen molar-refractivity contribution < 1.29 is 35.5 Å². The van der Waals surface area contributed by atoms with Gasteiger partial charge in [0.1, 0.15) is 5.82 Å². The summed E-state index contributed by atoms with van der Waals surface area (Å²) >= 11 is 0. The van der Waals surface area contributed by atoms with Crippen LogP contribution in [-0.4, -0.2) is 23.0 Å². The van der Waals surface area contributed by atoms with Gasteiger partial charge in [-0.1, -0.05) is 12.1 Å². The number of alkyl halides is 6. The number of benzene rings is 2. The van der Waals surface area contributed by atoms with E-state index in [1.165, 1.54) is 18.3 Å². The zero-order valence-corrected chi connectivity index (χ0v) is 17.7. The zero-order chi connectivity index (χ0) is 24.5. The first kappa shape index (κ1) is 24.0. The Hall–Kier alpha value is -3.14. The first-order valence-electron chi connectivity index (χ1n) is 10.4. The van der Waals surface area contributed by atoms with Gasteiger partial charge in [-0.3, -0.25) is 4.90 Å². The summed E-state index contributed by atoms with van der Waals surface area (Å²) in [5.41, 5.74) is -0.794. The average molecular weight is 484 g/mol. The van der Waals surface area contributed by atoms with Crippen LogP contribution in [-0.2, 0) is 25.4 Å². The first-order chi connectivity index (χ1) is 16.0. The number of hydrogen-bond acceptors (Lipinski definition) is 3. The van der Waals surface area contributed by atoms with E-state index in [4.69, 9.17) is 4.74 Å². The van der Waals surface area contributed by atoms with Gasteiger partial charge in [0.2, 0.25) is 5.88 Å². The fourth-order valence-corrected chi connectivity index (χ4v) is 3.91. The lowest BCUT2D eigenvalue weighted by molar-refractivity contribution is -0.143. The van der Waals surface area contributed by atoms with Crippen molar-refractivity contribution in [1.82, 2.24) is 9.88 Å². The highest BCUT2D eigenvalue weighted by atomic mass is 19.4. The van der Waals surface area contributed by atoms with Crippen LogP contribution in [0.5, 0.6) is 5.88 Å². The van der Waals surface area contributed by atoms with Crippen LogP contribution in [0.25, 0.3) is 11.1 Å². The fourth-order valence-electron chi connectivity index (χ4n) is 3.91. The van der Waals surface area contributed by atoms with Gasteiger partial charge in [0.25, 0.3) is 0 Å². The van der Waals surface area contributed by atoms with Gasteiger partial charge in [-0.25, -0.2) is 9.37 Å². The number of hydrogen-bond donors (Lipinski definition) is 0. The summed E-state index contributed by atoms with van der Waals surface area (Å²) in [5, 5.41) is 0. The summed E-state index contributed by atoms with van der Waals surface area (Å²) < 4.78 is 98.7. The maximum absolute atomic E-state index is 13.4. The fraction of sp³-hybridized carbons (Fsp3) is 0.292. The lowest BCUT2D eigenvalue weighted by Crippen LogP contribution is -2.28. The molecule has 0 saturated carbocycles. The van der Waals surface area contributed by atoms with Crippen molar-refractivity contribution >= 4 is 0 Å². The average Bonchev–Trinajstić information content (AvgIpc) is 2.75. The molecule has 0 N–H and O–H groups in total. The van der Waals surface area contributed by atoms with E-state index in [9.17, 15) is 30.7 Å². The van der Waals surface area contributed by atoms with E-state index in [0.29, 0.717) is 35.5 Å². The second-order valence-electron chi connectivity index (χ2n) is 7.98. The number of nitrogens with zero attached hydrogens (tertiary/aromatic N) is 2. The Bertz CT molecular complexity index is 1130. The van der Waals surface area contributed by atoms with E-state index in [1.54, 1.807) is 23.1 Å². The van der Waals surface area contributed by atoms with Crippen LogP contribution in [0.1, 0.15) is 28.7 Å². The zero-order valence-electron chi connectivity index (χ0n) is 17.7. The summed E-state index contributed by atoms with van der Waals surface area (Å²) in [7, 11) is 0. The standard InChI is InChI=1S/C24H19F7N2O/c25-19-4-2-16(3-5-19)20-6-7-32-22-21(20)14-33(8-1-9-34-22)13-15-10-17(23(26,27)28)12-18(11-15)24(29,30)31/h2-7,10-12H,1,8-9,13-14H2. The Balaban J connectivity index is 1.70. The van der Waals surface area contributed by atoms with E-state index in [0.717, 1.165) is 12.1 Å². The highest BCUT2D eigenvalue weighted by molar-refractivity contribution is 5.69. The van der Waals surface area contributed by atoms with E-state index in [2.05, 4.69) is 4.98 Å². The van der Waals surface area contributed by atoms with Gasteiger partial charge < -0.3 is 4.74 Å². The number of pyridine rings is 1. The van der Waals surface area contributed by atoms with E-state index in [1.807, 2.05) is 0 Å². The minimum atomic E-state index is -4.91. The van der Waals surface area contributed by atoms with Crippen molar-refractivity contribution in [3.05, 3.63) is 82.8 Å². The third-order valence-electron chi connectivity index (χ3n) is 5.46. The topological polar surface area (TPSA) is 25.4 Å². The maximum Gasteiger partial charge on any atom is 0.416 e. The molecular formula is C24H19F7N2O. The summed E-state index contributed by atoms with van der Waals surface area (Å²) in [6.45, 7) is 0.701. The van der Waals surface area contributed by atoms with Gasteiger partial charge in [-0.05, 0) is 59.5 Å². The molecule has 0 fully saturated rings. The minimum Gasteiger partial charge on any atom is -0.477 e. The van der Waals surface area contributed by atoms with Crippen LogP contribution in [0.15, 0.2) is 54.7 Å². The molecule has 1 aliphatic rings. The largest absolute Gasteiger partial charge is 0.477 e. The molecule has 1 aromatic heterocycles. The molecule has 2 heterocycles. The van der Waals surface area contributed by atoms with Crippen LogP contribution in [0, 0.1) is 5.82 Å². The number of ether oxygens (including phenoxy) is 1. The predicted molar refractivity (Wildman–Crippen MR) is 110 cm³/mol. The highest BCUT2D eigenvalue weighted by Crippen LogP contribution is 2.37. The van der Waals surface area contributed by atoms with Crippen LogP contribution >= 0.6 is 0 Å². The molecule has 4 rings (SSSR count). The highest BCUT2D eigenvalue weighted by Gasteiger charge is 2.37. The predicted octanol–water partition coefficient (Wildman–Crippen LogP) is 6.71. The molecule has 3 aromatic rings. The molecule has 2 aromatic carbocycles. The molecule has 0 unspecified atom stereocenters. The molecule has 0 spiro atoms. The molecule has 34 heavy (non-hydrogen) atoms. The summed E-state index contributed by atoms with van der Waals surface area (Å²) in [5.74, 6) is -0.0878. The summed E-state index contributed by atoms with van der Waals surface area (Å²) in [6.07, 6.45) is -7.78. The molecule has 0 saturated heterocycles. The third-order valence-corrected chi connectivity index (χ3v) is 5.46. The van der Waals surface area contributed by atoms with Crippen LogP contribution in [0.2, 0.25) is 0 Å². The van der Waals surface area contributed by atoms with Gasteiger partial charge in [0.05, 0.1) is 17.7 Å². The van der Waals surface area contributed by atoms with E-state index >= 15 is 0 Å². The molecule has 0 radical (unpaired) electrons. The molecule has 0 aliphatic carbocycles. The molecular weight excluding hydrogens is 465 g/mol. The Morgan fingerprint density at radius 1 is 0.882 bits per heavy atom. The molecule has 10 heteroatoms. The Labute approximate surface area is 190 Å². The number of halogens is 7. The van der Waals surface area contributed by atoms with Crippen molar-refractivity contribution in [2.45, 2.75) is 31.9 Å². The Morgan fingerprint density at radius 2 is 1.53 bits per heavy atom. The van der Waals surface area contributed by atoms with Crippen LogP contribution < -0.4 is 4.74 Å². The third kappa shape index (κ3) is 5.49. The van der Waals surface area contributed by atoms with Crippen LogP contribution in [0.3, 0.4) is 0 Å². The Kier molecular flexibility index (Phi) is 6.53. The Morgan fingerprint density at radius 3 is 2.15 bits per heavy atom. The van der Waals surface area contributed by atoms with Crippen molar-refractivity contribution in [2.75, 3.05) is 13.2 Å². The van der Waals surface area contributed by atoms with Gasteiger partial charge in [-0.15, -0.1) is 0 Å². The number of rotatable bonds is 3. The second kappa shape index (κ2) is 9.25. The quantitative estimate of drug-likeness (QED) is 0.387. The molecule has 180 valence electrons. The van der Waals surface area contributed by atoms with E-state index in [-0.39, 0.29) is 31.3 Å². The lowest BCUT2D eigenvalue weighted by Gasteiger charge is -2.28. The molecule has 0 bridgehead atoms. The maximum atomic E-state index is 13.4. The molecule has 0 amide bonds. The van der Waals surface area contributed by atoms with Gasteiger partial charge >= 0.3 is 12.4 Å². The molecule has 3 nitrogen and oxygen atoms in total. The number of aromatic nitrogens is 1. The second-order valence-corrected chi connectivity index (χ2v) is 7.98. The van der Waals surface area contributed by atoms with Gasteiger partial charge in [0, 0.05) is 31.4 Å². The van der Waals surface area contributed by atoms with Crippen molar-refractivity contribution in [3.8, 4) is 17.0 Å². The SMILES string of the molecule is Fc1ccc(-c2ccnc3c2CN(Cc2cc(C(F)(F)F)cc(C(F)(F)F)c2)CCCO3)cc1. The molecule has 1 aliphatic heterocycles. The first-order valence-corrected chi connectivity index (χ1v) is 10.4. The summed E-state index contributed by atoms with van der Waals surface area (Å²) in [4.78, 5) is 5.99. The minimum absolute atomic E-state index is 0.0996. The van der Waals surface area contributed by atoms with E-state index < -0.39 is 29.3 Å². The normalized spacial score (nSPS) is 15.3. The van der Waals surface area contributed by atoms with Gasteiger partial charge in [-0.2, -0.15) is 26.3 Å². The van der Waals surface area contributed by atoms with Gasteiger partial charge in [0.15, 0.2) is 0 Å². The lowest BCUT2D eigenvalue weighted by atomic mass is 9.99. The van der Waals surface area contributed by atoms with Crippen molar-refractivity contribution in [1.29, 1.82) is 0 Å². The van der Waals surface area contributed by atoms with Crippen molar-refractivity contribution in [2.24, 2.45) is 0 Å². The monoisotopic (exact) mass is 484 g/mol. The van der Waals surface area contributed by atoms with Crippen LogP contribution in [0.4, 0.5) is 30.7 Å². The molecule has 0 atom stereocenters. The smallest absolute Gasteiger partial charge is 0.416 e. The van der Waals surface area contributed by atoms with Crippen molar-refractivity contribution in [3.63, 3.8) is 0 Å².